The molecule has 3 nitrogen and oxygen atoms in total. The van der Waals surface area contributed by atoms with E-state index in [1.54, 1.807) is 0 Å². The molecule has 16 heavy (non-hydrogen) atoms. The van der Waals surface area contributed by atoms with Crippen molar-refractivity contribution in [3.63, 3.8) is 0 Å². The third-order valence-corrected chi connectivity index (χ3v) is 4.57. The summed E-state index contributed by atoms with van der Waals surface area (Å²) in [4.78, 5) is 6.88. The topological polar surface area (TPSA) is 41.6 Å². The van der Waals surface area contributed by atoms with Crippen LogP contribution in [0.15, 0.2) is 4.99 Å². The molecule has 0 amide bonds. The molecule has 1 saturated carbocycles. The molecule has 0 saturated heterocycles. The van der Waals surface area contributed by atoms with E-state index in [-0.39, 0.29) is 5.54 Å². The van der Waals surface area contributed by atoms with E-state index >= 15 is 0 Å². The van der Waals surface area contributed by atoms with Crippen LogP contribution >= 0.6 is 0 Å². The van der Waals surface area contributed by atoms with Crippen LogP contribution in [-0.2, 0) is 0 Å². The third-order valence-electron chi connectivity index (χ3n) is 4.57. The molecule has 0 bridgehead atoms. The van der Waals surface area contributed by atoms with Crippen molar-refractivity contribution in [2.24, 2.45) is 22.6 Å². The zero-order valence-corrected chi connectivity index (χ0v) is 10.9. The average molecular weight is 223 g/mol. The number of rotatable bonds is 2. The van der Waals surface area contributed by atoms with Crippen molar-refractivity contribution in [3.8, 4) is 0 Å². The van der Waals surface area contributed by atoms with Gasteiger partial charge < -0.3 is 10.6 Å². The maximum Gasteiger partial charge on any atom is 0.191 e. The summed E-state index contributed by atoms with van der Waals surface area (Å²) < 4.78 is 0. The molecule has 3 atom stereocenters. The van der Waals surface area contributed by atoms with E-state index in [2.05, 4.69) is 30.7 Å². The summed E-state index contributed by atoms with van der Waals surface area (Å²) >= 11 is 0. The summed E-state index contributed by atoms with van der Waals surface area (Å²) in [6.45, 7) is 8.96. The van der Waals surface area contributed by atoms with Crippen LogP contribution in [0.2, 0.25) is 0 Å². The van der Waals surface area contributed by atoms with Crippen molar-refractivity contribution in [1.29, 1.82) is 0 Å². The maximum absolute atomic E-state index is 6.03. The standard InChI is InChI=1S/C13H25N3/c1-4-7-16-12(14)15-9-13(16)6-5-10(2)11(3)8-13/h10-11H,4-9H2,1-3H3,(H2,14,15). The molecule has 0 aromatic rings. The van der Waals surface area contributed by atoms with Crippen LogP contribution in [0.5, 0.6) is 0 Å². The van der Waals surface area contributed by atoms with Crippen molar-refractivity contribution in [2.75, 3.05) is 13.1 Å². The number of nitrogens with two attached hydrogens (primary N) is 1. The minimum Gasteiger partial charge on any atom is -0.370 e. The van der Waals surface area contributed by atoms with E-state index < -0.39 is 0 Å². The van der Waals surface area contributed by atoms with E-state index in [1.165, 1.54) is 19.3 Å². The number of nitrogens with zero attached hydrogens (tertiary/aromatic N) is 2. The minimum atomic E-state index is 0.270. The molecule has 1 aliphatic carbocycles. The first-order valence-electron chi connectivity index (χ1n) is 6.66. The molecule has 3 heteroatoms. The molecule has 2 rings (SSSR count). The van der Waals surface area contributed by atoms with E-state index in [9.17, 15) is 0 Å². The van der Waals surface area contributed by atoms with Gasteiger partial charge in [0.05, 0.1) is 12.1 Å². The fourth-order valence-corrected chi connectivity index (χ4v) is 3.29. The summed E-state index contributed by atoms with van der Waals surface area (Å²) in [5, 5.41) is 0. The highest BCUT2D eigenvalue weighted by molar-refractivity contribution is 5.81. The Bertz CT molecular complexity index is 287. The average Bonchev–Trinajstić information content (AvgIpc) is 2.54. The molecule has 1 heterocycles. The van der Waals surface area contributed by atoms with Gasteiger partial charge >= 0.3 is 0 Å². The number of hydrogen-bond acceptors (Lipinski definition) is 3. The molecule has 1 fully saturated rings. The van der Waals surface area contributed by atoms with Crippen molar-refractivity contribution in [1.82, 2.24) is 4.90 Å². The summed E-state index contributed by atoms with van der Waals surface area (Å²) in [6.07, 6.45) is 5.01. The normalized spacial score (nSPS) is 39.2. The summed E-state index contributed by atoms with van der Waals surface area (Å²) in [5.74, 6) is 2.44. The lowest BCUT2D eigenvalue weighted by Crippen LogP contribution is -2.55. The second-order valence-corrected chi connectivity index (χ2v) is 5.75. The van der Waals surface area contributed by atoms with E-state index in [0.29, 0.717) is 0 Å². The highest BCUT2D eigenvalue weighted by Crippen LogP contribution is 2.42. The monoisotopic (exact) mass is 223 g/mol. The first-order valence-corrected chi connectivity index (χ1v) is 6.66. The first-order chi connectivity index (χ1) is 7.59. The number of hydrogen-bond donors (Lipinski definition) is 1. The molecule has 0 aromatic heterocycles. The summed E-state index contributed by atoms with van der Waals surface area (Å²) in [7, 11) is 0. The Kier molecular flexibility index (Phi) is 3.13. The second-order valence-electron chi connectivity index (χ2n) is 5.75. The lowest BCUT2D eigenvalue weighted by Gasteiger charge is -2.46. The zero-order valence-electron chi connectivity index (χ0n) is 10.9. The minimum absolute atomic E-state index is 0.270. The van der Waals surface area contributed by atoms with Crippen LogP contribution < -0.4 is 5.73 Å². The van der Waals surface area contributed by atoms with Crippen LogP contribution in [0.4, 0.5) is 0 Å². The SMILES string of the molecule is CCCN1C(N)=NCC12CCC(C)C(C)C2. The van der Waals surface area contributed by atoms with Gasteiger partial charge in [-0.3, -0.25) is 4.99 Å². The molecule has 1 spiro atoms. The Morgan fingerprint density at radius 1 is 1.44 bits per heavy atom. The Morgan fingerprint density at radius 2 is 2.19 bits per heavy atom. The van der Waals surface area contributed by atoms with Crippen LogP contribution in [0.25, 0.3) is 0 Å². The van der Waals surface area contributed by atoms with Gasteiger partial charge in [0.2, 0.25) is 0 Å². The fraction of sp³-hybridized carbons (Fsp3) is 0.923. The Hall–Kier alpha value is -0.730. The molecule has 1 aliphatic heterocycles. The molecule has 0 aromatic carbocycles. The highest BCUT2D eigenvalue weighted by atomic mass is 15.4. The molecule has 3 unspecified atom stereocenters. The zero-order chi connectivity index (χ0) is 11.8. The quantitative estimate of drug-likeness (QED) is 0.780. The Balaban J connectivity index is 2.13. The van der Waals surface area contributed by atoms with Gasteiger partial charge in [0, 0.05) is 6.54 Å². The predicted octanol–water partition coefficient (Wildman–Crippen LogP) is 2.22. The van der Waals surface area contributed by atoms with Gasteiger partial charge in [-0.1, -0.05) is 20.8 Å². The molecular formula is C13H25N3. The van der Waals surface area contributed by atoms with Crippen LogP contribution in [-0.4, -0.2) is 29.5 Å². The number of guanidine groups is 1. The third kappa shape index (κ3) is 1.80. The van der Waals surface area contributed by atoms with Crippen molar-refractivity contribution in [3.05, 3.63) is 0 Å². The number of aliphatic imine (C=N–C) groups is 1. The van der Waals surface area contributed by atoms with Gasteiger partial charge in [-0.2, -0.15) is 0 Å². The van der Waals surface area contributed by atoms with E-state index in [0.717, 1.165) is 37.3 Å². The maximum atomic E-state index is 6.03. The Morgan fingerprint density at radius 3 is 2.81 bits per heavy atom. The largest absolute Gasteiger partial charge is 0.370 e. The molecular weight excluding hydrogens is 198 g/mol. The second kappa shape index (κ2) is 4.27. The fourth-order valence-electron chi connectivity index (χ4n) is 3.29. The Labute approximate surface area is 99.1 Å². The van der Waals surface area contributed by atoms with Crippen LogP contribution in [0, 0.1) is 11.8 Å². The van der Waals surface area contributed by atoms with Gasteiger partial charge in [0.15, 0.2) is 5.96 Å². The van der Waals surface area contributed by atoms with E-state index in [4.69, 9.17) is 5.73 Å². The summed E-state index contributed by atoms with van der Waals surface area (Å²) in [5.41, 5.74) is 6.30. The van der Waals surface area contributed by atoms with Crippen molar-refractivity contribution < 1.29 is 0 Å². The summed E-state index contributed by atoms with van der Waals surface area (Å²) in [6, 6.07) is 0. The van der Waals surface area contributed by atoms with Gasteiger partial charge in [0.1, 0.15) is 0 Å². The highest BCUT2D eigenvalue weighted by Gasteiger charge is 2.45. The van der Waals surface area contributed by atoms with Crippen molar-refractivity contribution >= 4 is 5.96 Å². The van der Waals surface area contributed by atoms with Gasteiger partial charge in [0.25, 0.3) is 0 Å². The van der Waals surface area contributed by atoms with Gasteiger partial charge in [-0.25, -0.2) is 0 Å². The van der Waals surface area contributed by atoms with Gasteiger partial charge in [-0.15, -0.1) is 0 Å². The molecule has 2 N–H and O–H groups in total. The lowest BCUT2D eigenvalue weighted by atomic mass is 9.71. The predicted molar refractivity (Wildman–Crippen MR) is 68.4 cm³/mol. The lowest BCUT2D eigenvalue weighted by molar-refractivity contribution is 0.0839. The van der Waals surface area contributed by atoms with Gasteiger partial charge in [-0.05, 0) is 37.5 Å². The van der Waals surface area contributed by atoms with E-state index in [1.807, 2.05) is 0 Å². The van der Waals surface area contributed by atoms with Crippen molar-refractivity contribution in [2.45, 2.75) is 52.0 Å². The molecule has 0 radical (unpaired) electrons. The molecule has 92 valence electrons. The smallest absolute Gasteiger partial charge is 0.191 e. The van der Waals surface area contributed by atoms with Crippen LogP contribution in [0.3, 0.4) is 0 Å². The molecule has 2 aliphatic rings. The van der Waals surface area contributed by atoms with Crippen LogP contribution in [0.1, 0.15) is 46.5 Å². The first kappa shape index (κ1) is 11.7.